The minimum Gasteiger partial charge on any atom is -0.490 e. The number of hydrogen-bond acceptors (Lipinski definition) is 7. The van der Waals surface area contributed by atoms with E-state index >= 15 is 0 Å². The van der Waals surface area contributed by atoms with Crippen LogP contribution >= 0.6 is 27.3 Å². The summed E-state index contributed by atoms with van der Waals surface area (Å²) < 4.78 is 12.4. The van der Waals surface area contributed by atoms with E-state index in [1.807, 2.05) is 57.2 Å². The van der Waals surface area contributed by atoms with E-state index in [0.717, 1.165) is 10.6 Å². The molecular weight excluding hydrogens is 504 g/mol. The molecule has 0 spiro atoms. The second kappa shape index (κ2) is 11.6. The van der Waals surface area contributed by atoms with Gasteiger partial charge >= 0.3 is 0 Å². The van der Waals surface area contributed by atoms with E-state index < -0.39 is 5.91 Å². The van der Waals surface area contributed by atoms with Gasteiger partial charge in [-0.1, -0.05) is 55.5 Å². The lowest BCUT2D eigenvalue weighted by molar-refractivity contribution is -0.112. The third-order valence-corrected chi connectivity index (χ3v) is 6.12. The van der Waals surface area contributed by atoms with Crippen LogP contribution < -0.4 is 14.8 Å². The highest BCUT2D eigenvalue weighted by Gasteiger charge is 2.16. The summed E-state index contributed by atoms with van der Waals surface area (Å²) in [5, 5.41) is 21.4. The molecule has 0 aliphatic heterocycles. The standard InChI is InChI=1S/C24H23BrN4O3S/c1-4-31-20-12-17(11-19(25)21(20)32-14-16-8-6-5-7-9-16)10-18(13-26)22(30)27-24-29-28-23(33-24)15(2)3/h5-12,15H,4,14H2,1-3H3,(H,27,29,30). The lowest BCUT2D eigenvalue weighted by Gasteiger charge is -2.15. The SMILES string of the molecule is CCOc1cc(C=C(C#N)C(=O)Nc2nnc(C(C)C)s2)cc(Br)c1OCc1ccccc1. The quantitative estimate of drug-likeness (QED) is 0.273. The normalized spacial score (nSPS) is 11.2. The van der Waals surface area contributed by atoms with E-state index in [1.54, 1.807) is 12.1 Å². The van der Waals surface area contributed by atoms with E-state index in [0.29, 0.717) is 39.9 Å². The van der Waals surface area contributed by atoms with Gasteiger partial charge in [-0.05, 0) is 52.2 Å². The third kappa shape index (κ3) is 6.63. The van der Waals surface area contributed by atoms with E-state index in [4.69, 9.17) is 9.47 Å². The molecule has 2 aromatic carbocycles. The Bertz CT molecular complexity index is 1190. The maximum atomic E-state index is 12.6. The number of benzene rings is 2. The van der Waals surface area contributed by atoms with Crippen LogP contribution in [0.25, 0.3) is 6.08 Å². The fourth-order valence-electron chi connectivity index (χ4n) is 2.80. The van der Waals surface area contributed by atoms with Gasteiger partial charge in [0, 0.05) is 5.92 Å². The molecule has 0 atom stereocenters. The number of hydrogen-bond donors (Lipinski definition) is 1. The van der Waals surface area contributed by atoms with Gasteiger partial charge in [0.25, 0.3) is 5.91 Å². The molecule has 33 heavy (non-hydrogen) atoms. The van der Waals surface area contributed by atoms with Crippen LogP contribution in [-0.2, 0) is 11.4 Å². The molecule has 9 heteroatoms. The minimum absolute atomic E-state index is 0.0661. The fraction of sp³-hybridized carbons (Fsp3) is 0.250. The van der Waals surface area contributed by atoms with Gasteiger partial charge in [-0.2, -0.15) is 5.26 Å². The van der Waals surface area contributed by atoms with Crippen molar-refractivity contribution in [1.29, 1.82) is 5.26 Å². The zero-order valence-corrected chi connectivity index (χ0v) is 20.9. The summed E-state index contributed by atoms with van der Waals surface area (Å²) in [7, 11) is 0. The van der Waals surface area contributed by atoms with Gasteiger partial charge in [0.05, 0.1) is 11.1 Å². The number of nitriles is 1. The first-order chi connectivity index (χ1) is 15.9. The van der Waals surface area contributed by atoms with Gasteiger partial charge in [-0.15, -0.1) is 10.2 Å². The molecular formula is C24H23BrN4O3S. The third-order valence-electron chi connectivity index (χ3n) is 4.39. The van der Waals surface area contributed by atoms with Gasteiger partial charge in [0.1, 0.15) is 23.3 Å². The summed E-state index contributed by atoms with van der Waals surface area (Å²) in [6.45, 7) is 6.67. The summed E-state index contributed by atoms with van der Waals surface area (Å²) in [5.74, 6) is 0.715. The molecule has 1 aromatic heterocycles. The molecule has 3 aromatic rings. The Morgan fingerprint density at radius 2 is 2.00 bits per heavy atom. The Kier molecular flexibility index (Phi) is 8.58. The Morgan fingerprint density at radius 1 is 1.24 bits per heavy atom. The monoisotopic (exact) mass is 526 g/mol. The zero-order chi connectivity index (χ0) is 23.8. The average Bonchev–Trinajstić information content (AvgIpc) is 3.26. The molecule has 7 nitrogen and oxygen atoms in total. The number of carbonyl (C=O) groups is 1. The molecule has 0 radical (unpaired) electrons. The van der Waals surface area contributed by atoms with Crippen molar-refractivity contribution < 1.29 is 14.3 Å². The summed E-state index contributed by atoms with van der Waals surface area (Å²) in [6.07, 6.45) is 1.49. The maximum absolute atomic E-state index is 12.6. The predicted octanol–water partition coefficient (Wildman–Crippen LogP) is 5.95. The number of anilines is 1. The predicted molar refractivity (Wildman–Crippen MR) is 132 cm³/mol. The molecule has 1 heterocycles. The molecule has 1 amide bonds. The summed E-state index contributed by atoms with van der Waals surface area (Å²) in [4.78, 5) is 12.6. The molecule has 1 N–H and O–H groups in total. The van der Waals surface area contributed by atoms with Crippen LogP contribution in [0, 0.1) is 11.3 Å². The number of halogens is 1. The highest BCUT2D eigenvalue weighted by atomic mass is 79.9. The summed E-state index contributed by atoms with van der Waals surface area (Å²) in [5.41, 5.74) is 1.57. The molecule has 3 rings (SSSR count). The Balaban J connectivity index is 1.82. The summed E-state index contributed by atoms with van der Waals surface area (Å²) in [6, 6.07) is 15.3. The lowest BCUT2D eigenvalue weighted by atomic mass is 10.1. The van der Waals surface area contributed by atoms with E-state index in [-0.39, 0.29) is 11.5 Å². The van der Waals surface area contributed by atoms with Crippen LogP contribution in [0.3, 0.4) is 0 Å². The smallest absolute Gasteiger partial charge is 0.268 e. The van der Waals surface area contributed by atoms with Crippen LogP contribution in [0.15, 0.2) is 52.5 Å². The number of carbonyl (C=O) groups excluding carboxylic acids is 1. The Hall–Kier alpha value is -3.22. The molecule has 0 saturated carbocycles. The molecule has 0 aliphatic rings. The number of nitrogens with one attached hydrogen (secondary N) is 1. The van der Waals surface area contributed by atoms with Crippen LogP contribution in [0.2, 0.25) is 0 Å². The zero-order valence-electron chi connectivity index (χ0n) is 18.5. The van der Waals surface area contributed by atoms with Gasteiger partial charge in [0.15, 0.2) is 11.5 Å². The molecule has 0 bridgehead atoms. The largest absolute Gasteiger partial charge is 0.490 e. The topological polar surface area (TPSA) is 97.1 Å². The first-order valence-electron chi connectivity index (χ1n) is 10.3. The second-order valence-corrected chi connectivity index (χ2v) is 9.12. The van der Waals surface area contributed by atoms with Crippen molar-refractivity contribution >= 4 is 44.4 Å². The molecule has 0 aliphatic carbocycles. The number of rotatable bonds is 9. The van der Waals surface area contributed by atoms with Crippen molar-refractivity contribution in [3.05, 3.63) is 68.6 Å². The number of nitrogens with zero attached hydrogens (tertiary/aromatic N) is 3. The Labute approximate surface area is 205 Å². The van der Waals surface area contributed by atoms with Crippen molar-refractivity contribution in [1.82, 2.24) is 10.2 Å². The lowest BCUT2D eigenvalue weighted by Crippen LogP contribution is -2.13. The van der Waals surface area contributed by atoms with Crippen molar-refractivity contribution in [3.8, 4) is 17.6 Å². The van der Waals surface area contributed by atoms with Gasteiger partial charge < -0.3 is 9.47 Å². The van der Waals surface area contributed by atoms with Crippen LogP contribution in [0.1, 0.15) is 42.8 Å². The average molecular weight is 527 g/mol. The first-order valence-corrected chi connectivity index (χ1v) is 11.9. The summed E-state index contributed by atoms with van der Waals surface area (Å²) >= 11 is 4.81. The van der Waals surface area contributed by atoms with Crippen molar-refractivity contribution in [2.24, 2.45) is 0 Å². The number of amides is 1. The number of ether oxygens (including phenoxy) is 2. The van der Waals surface area contributed by atoms with Gasteiger partial charge in [-0.25, -0.2) is 0 Å². The van der Waals surface area contributed by atoms with Crippen molar-refractivity contribution in [2.45, 2.75) is 33.3 Å². The molecule has 170 valence electrons. The molecule has 0 saturated heterocycles. The minimum atomic E-state index is -0.553. The number of aromatic nitrogens is 2. The highest BCUT2D eigenvalue weighted by molar-refractivity contribution is 9.10. The van der Waals surface area contributed by atoms with Crippen molar-refractivity contribution in [3.63, 3.8) is 0 Å². The first kappa shape index (κ1) is 24.4. The maximum Gasteiger partial charge on any atom is 0.268 e. The van der Waals surface area contributed by atoms with E-state index in [1.165, 1.54) is 17.4 Å². The van der Waals surface area contributed by atoms with Crippen molar-refractivity contribution in [2.75, 3.05) is 11.9 Å². The molecule has 0 fully saturated rings. The second-order valence-electron chi connectivity index (χ2n) is 7.26. The van der Waals surface area contributed by atoms with Crippen LogP contribution in [0.4, 0.5) is 5.13 Å². The Morgan fingerprint density at radius 3 is 2.64 bits per heavy atom. The van der Waals surface area contributed by atoms with E-state index in [2.05, 4.69) is 31.4 Å². The van der Waals surface area contributed by atoms with Crippen LogP contribution in [0.5, 0.6) is 11.5 Å². The highest BCUT2D eigenvalue weighted by Crippen LogP contribution is 2.38. The fourth-order valence-corrected chi connectivity index (χ4v) is 4.12. The molecule has 0 unspecified atom stereocenters. The van der Waals surface area contributed by atoms with Gasteiger partial charge in [0.2, 0.25) is 5.13 Å². The van der Waals surface area contributed by atoms with Gasteiger partial charge in [-0.3, -0.25) is 10.1 Å². The van der Waals surface area contributed by atoms with Crippen LogP contribution in [-0.4, -0.2) is 22.7 Å². The van der Waals surface area contributed by atoms with E-state index in [9.17, 15) is 10.1 Å².